The predicted molar refractivity (Wildman–Crippen MR) is 65.5 cm³/mol. The molecule has 6 heteroatoms. The van der Waals surface area contributed by atoms with Crippen molar-refractivity contribution in [2.24, 2.45) is 0 Å². The number of hydrogen-bond donors (Lipinski definition) is 2. The largest absolute Gasteiger partial charge is 0.347 e. The lowest BCUT2D eigenvalue weighted by atomic mass is 10.2. The Morgan fingerprint density at radius 3 is 2.67 bits per heavy atom. The molecular weight excluding hydrogens is 232 g/mol. The number of aromatic nitrogens is 2. The normalized spacial score (nSPS) is 22.0. The van der Waals surface area contributed by atoms with Crippen molar-refractivity contribution in [3.05, 3.63) is 18.2 Å². The van der Waals surface area contributed by atoms with Gasteiger partial charge in [0.2, 0.25) is 11.8 Å². The molecule has 2 heterocycles. The van der Waals surface area contributed by atoms with Crippen molar-refractivity contribution in [1.82, 2.24) is 20.2 Å². The SMILES string of the molecule is CC(NC1CC(=O)N(C(C)C)C1=O)c1ncc[nH]1. The molecule has 2 N–H and O–H groups in total. The lowest BCUT2D eigenvalue weighted by Gasteiger charge is -2.20. The van der Waals surface area contributed by atoms with E-state index in [-0.39, 0.29) is 30.3 Å². The van der Waals surface area contributed by atoms with Crippen molar-refractivity contribution in [1.29, 1.82) is 0 Å². The van der Waals surface area contributed by atoms with Crippen LogP contribution in [0, 0.1) is 0 Å². The number of nitrogens with one attached hydrogen (secondary N) is 2. The molecule has 2 atom stereocenters. The van der Waals surface area contributed by atoms with Gasteiger partial charge < -0.3 is 4.98 Å². The van der Waals surface area contributed by atoms with Crippen LogP contribution >= 0.6 is 0 Å². The van der Waals surface area contributed by atoms with E-state index in [9.17, 15) is 9.59 Å². The van der Waals surface area contributed by atoms with Gasteiger partial charge in [-0.2, -0.15) is 0 Å². The molecular formula is C12H18N4O2. The second kappa shape index (κ2) is 4.89. The fourth-order valence-corrected chi connectivity index (χ4v) is 2.22. The summed E-state index contributed by atoms with van der Waals surface area (Å²) >= 11 is 0. The first-order valence-corrected chi connectivity index (χ1v) is 6.12. The zero-order chi connectivity index (χ0) is 13.3. The summed E-state index contributed by atoms with van der Waals surface area (Å²) in [5.74, 6) is 0.505. The first-order chi connectivity index (χ1) is 8.50. The second-order valence-corrected chi connectivity index (χ2v) is 4.82. The molecule has 1 fully saturated rings. The van der Waals surface area contributed by atoms with Gasteiger partial charge in [0, 0.05) is 18.4 Å². The Morgan fingerprint density at radius 2 is 2.17 bits per heavy atom. The van der Waals surface area contributed by atoms with E-state index in [4.69, 9.17) is 0 Å². The lowest BCUT2D eigenvalue weighted by Crippen LogP contribution is -2.42. The van der Waals surface area contributed by atoms with Crippen LogP contribution in [0.4, 0.5) is 0 Å². The summed E-state index contributed by atoms with van der Waals surface area (Å²) in [5, 5.41) is 3.14. The highest BCUT2D eigenvalue weighted by molar-refractivity contribution is 6.05. The van der Waals surface area contributed by atoms with Crippen molar-refractivity contribution in [3.8, 4) is 0 Å². The summed E-state index contributed by atoms with van der Waals surface area (Å²) in [7, 11) is 0. The minimum Gasteiger partial charge on any atom is -0.347 e. The number of carbonyl (C=O) groups excluding carboxylic acids is 2. The van der Waals surface area contributed by atoms with Gasteiger partial charge in [0.15, 0.2) is 0 Å². The van der Waals surface area contributed by atoms with Crippen LogP contribution in [0.2, 0.25) is 0 Å². The average molecular weight is 250 g/mol. The van der Waals surface area contributed by atoms with E-state index in [2.05, 4.69) is 15.3 Å². The molecule has 1 saturated heterocycles. The highest BCUT2D eigenvalue weighted by Crippen LogP contribution is 2.18. The van der Waals surface area contributed by atoms with E-state index < -0.39 is 6.04 Å². The van der Waals surface area contributed by atoms with Gasteiger partial charge in [-0.15, -0.1) is 0 Å². The van der Waals surface area contributed by atoms with Gasteiger partial charge in [-0.3, -0.25) is 19.8 Å². The zero-order valence-corrected chi connectivity index (χ0v) is 10.8. The monoisotopic (exact) mass is 250 g/mol. The Labute approximate surface area is 106 Å². The van der Waals surface area contributed by atoms with Gasteiger partial charge in [-0.1, -0.05) is 0 Å². The van der Waals surface area contributed by atoms with Crippen molar-refractivity contribution < 1.29 is 9.59 Å². The number of imide groups is 1. The van der Waals surface area contributed by atoms with Crippen LogP contribution in [-0.2, 0) is 9.59 Å². The van der Waals surface area contributed by atoms with E-state index >= 15 is 0 Å². The number of nitrogens with zero attached hydrogens (tertiary/aromatic N) is 2. The summed E-state index contributed by atoms with van der Waals surface area (Å²) in [4.78, 5) is 32.3. The third kappa shape index (κ3) is 2.28. The van der Waals surface area contributed by atoms with Gasteiger partial charge in [0.05, 0.1) is 18.5 Å². The summed E-state index contributed by atoms with van der Waals surface area (Å²) in [6, 6.07) is -0.621. The Morgan fingerprint density at radius 1 is 1.44 bits per heavy atom. The Bertz CT molecular complexity index is 441. The Balaban J connectivity index is 2.03. The van der Waals surface area contributed by atoms with E-state index in [0.29, 0.717) is 0 Å². The fourth-order valence-electron chi connectivity index (χ4n) is 2.22. The number of rotatable bonds is 4. The summed E-state index contributed by atoms with van der Waals surface area (Å²) in [5.41, 5.74) is 0. The fraction of sp³-hybridized carbons (Fsp3) is 0.583. The molecule has 2 unspecified atom stereocenters. The summed E-state index contributed by atoms with van der Waals surface area (Å²) in [6.45, 7) is 5.59. The van der Waals surface area contributed by atoms with Gasteiger partial charge in [-0.25, -0.2) is 4.98 Å². The standard InChI is InChI=1S/C12H18N4O2/c1-7(2)16-10(17)6-9(12(16)18)15-8(3)11-13-4-5-14-11/h4-5,7-9,15H,6H2,1-3H3,(H,13,14). The highest BCUT2D eigenvalue weighted by atomic mass is 16.2. The smallest absolute Gasteiger partial charge is 0.247 e. The number of hydrogen-bond acceptors (Lipinski definition) is 4. The minimum atomic E-state index is -0.444. The molecule has 18 heavy (non-hydrogen) atoms. The van der Waals surface area contributed by atoms with E-state index in [1.807, 2.05) is 20.8 Å². The van der Waals surface area contributed by atoms with Crippen molar-refractivity contribution >= 4 is 11.8 Å². The average Bonchev–Trinajstić information content (AvgIpc) is 2.88. The molecule has 6 nitrogen and oxygen atoms in total. The number of imidazole rings is 1. The maximum Gasteiger partial charge on any atom is 0.247 e. The molecule has 1 aromatic rings. The quantitative estimate of drug-likeness (QED) is 0.767. The third-order valence-corrected chi connectivity index (χ3v) is 3.08. The molecule has 0 aliphatic carbocycles. The van der Waals surface area contributed by atoms with Crippen molar-refractivity contribution in [2.75, 3.05) is 0 Å². The molecule has 98 valence electrons. The molecule has 1 aromatic heterocycles. The highest BCUT2D eigenvalue weighted by Gasteiger charge is 2.40. The molecule has 0 radical (unpaired) electrons. The first-order valence-electron chi connectivity index (χ1n) is 6.12. The summed E-state index contributed by atoms with van der Waals surface area (Å²) in [6.07, 6.45) is 3.62. The second-order valence-electron chi connectivity index (χ2n) is 4.82. The van der Waals surface area contributed by atoms with Crippen LogP contribution < -0.4 is 5.32 Å². The van der Waals surface area contributed by atoms with Crippen molar-refractivity contribution in [2.45, 2.75) is 45.3 Å². The molecule has 1 aliphatic rings. The Hall–Kier alpha value is -1.69. The number of carbonyl (C=O) groups is 2. The molecule has 0 bridgehead atoms. The number of amides is 2. The van der Waals surface area contributed by atoms with Gasteiger partial charge in [-0.05, 0) is 20.8 Å². The summed E-state index contributed by atoms with van der Waals surface area (Å²) < 4.78 is 0. The number of H-pyrrole nitrogens is 1. The van der Waals surface area contributed by atoms with Gasteiger partial charge in [0.25, 0.3) is 0 Å². The number of aromatic amines is 1. The number of likely N-dealkylation sites (tertiary alicyclic amines) is 1. The first kappa shape index (κ1) is 12.8. The molecule has 0 spiro atoms. The molecule has 2 amide bonds. The molecule has 0 aromatic carbocycles. The van der Waals surface area contributed by atoms with E-state index in [1.54, 1.807) is 12.4 Å². The van der Waals surface area contributed by atoms with E-state index in [1.165, 1.54) is 4.90 Å². The van der Waals surface area contributed by atoms with E-state index in [0.717, 1.165) is 5.82 Å². The van der Waals surface area contributed by atoms with Gasteiger partial charge in [0.1, 0.15) is 5.82 Å². The predicted octanol–water partition coefficient (Wildman–Crippen LogP) is 0.596. The molecule has 0 saturated carbocycles. The maximum atomic E-state index is 12.1. The lowest BCUT2D eigenvalue weighted by molar-refractivity contribution is -0.140. The van der Waals surface area contributed by atoms with Crippen LogP contribution in [0.3, 0.4) is 0 Å². The van der Waals surface area contributed by atoms with Crippen molar-refractivity contribution in [3.63, 3.8) is 0 Å². The third-order valence-electron chi connectivity index (χ3n) is 3.08. The van der Waals surface area contributed by atoms with Crippen LogP contribution in [0.25, 0.3) is 0 Å². The molecule has 2 rings (SSSR count). The Kier molecular flexibility index (Phi) is 3.47. The van der Waals surface area contributed by atoms with Crippen LogP contribution in [0.1, 0.15) is 39.1 Å². The minimum absolute atomic E-state index is 0.0873. The van der Waals surface area contributed by atoms with Crippen LogP contribution in [0.15, 0.2) is 12.4 Å². The van der Waals surface area contributed by atoms with Crippen LogP contribution in [0.5, 0.6) is 0 Å². The topological polar surface area (TPSA) is 78.1 Å². The van der Waals surface area contributed by atoms with Gasteiger partial charge >= 0.3 is 0 Å². The zero-order valence-electron chi connectivity index (χ0n) is 10.8. The maximum absolute atomic E-state index is 12.1. The van der Waals surface area contributed by atoms with Crippen LogP contribution in [-0.4, -0.2) is 38.8 Å². The molecule has 1 aliphatic heterocycles.